The fraction of sp³-hybridized carbons (Fsp3) is 0.920. The second-order valence-corrected chi connectivity index (χ2v) is 8.99. The second-order valence-electron chi connectivity index (χ2n) is 8.99. The maximum Gasteiger partial charge on any atom is 0.243 e. The molecular formula is C25H52N2O5. The molecule has 1 fully saturated rings. The molecule has 6 N–H and O–H groups in total. The molecule has 0 radical (unpaired) electrons. The topological polar surface area (TPSA) is 133 Å². The standard InChI is InChI=1S/C13H24O.C12H25NO3.H3NO/c1-2-3-4-5-6-8-12-9-7-10-13(14)11-12;1-2-3-4-5-6-8-11(14)9-7-10-12(15)13-16;1-2/h12H,2-11H2,1H3;11,14,16H,2-10H2,1H3,(H,13,15);2H,1H2. The lowest BCUT2D eigenvalue weighted by Crippen LogP contribution is -2.18. The lowest BCUT2D eigenvalue weighted by atomic mass is 9.85. The Morgan fingerprint density at radius 3 is 2.09 bits per heavy atom. The summed E-state index contributed by atoms with van der Waals surface area (Å²) in [4.78, 5) is 21.9. The van der Waals surface area contributed by atoms with E-state index in [0.717, 1.165) is 38.0 Å². The van der Waals surface area contributed by atoms with Gasteiger partial charge in [0.2, 0.25) is 5.91 Å². The van der Waals surface area contributed by atoms with Crippen molar-refractivity contribution in [3.05, 3.63) is 0 Å². The largest absolute Gasteiger partial charge is 0.393 e. The van der Waals surface area contributed by atoms with Gasteiger partial charge in [-0.05, 0) is 38.0 Å². The van der Waals surface area contributed by atoms with Gasteiger partial charge in [0, 0.05) is 19.3 Å². The normalized spacial score (nSPS) is 16.3. The SMILES string of the molecule is CCCCCCCC(O)CCCC(=O)NO.CCCCCCCC1CCCC(=O)C1.NO. The molecule has 0 heterocycles. The van der Waals surface area contributed by atoms with Gasteiger partial charge in [0.15, 0.2) is 0 Å². The van der Waals surface area contributed by atoms with E-state index in [4.69, 9.17) is 10.4 Å². The van der Waals surface area contributed by atoms with Crippen molar-refractivity contribution in [2.24, 2.45) is 11.8 Å². The van der Waals surface area contributed by atoms with Crippen LogP contribution < -0.4 is 11.4 Å². The third-order valence-electron chi connectivity index (χ3n) is 6.01. The number of amides is 1. The monoisotopic (exact) mass is 460 g/mol. The van der Waals surface area contributed by atoms with Crippen LogP contribution in [0.3, 0.4) is 0 Å². The zero-order valence-electron chi connectivity index (χ0n) is 20.8. The van der Waals surface area contributed by atoms with Gasteiger partial charge in [0.05, 0.1) is 6.10 Å². The van der Waals surface area contributed by atoms with Crippen LogP contribution in [0.15, 0.2) is 0 Å². The Hall–Kier alpha value is -1.02. The first-order valence-electron chi connectivity index (χ1n) is 12.9. The number of ketones is 1. The molecule has 32 heavy (non-hydrogen) atoms. The van der Waals surface area contributed by atoms with Crippen LogP contribution >= 0.6 is 0 Å². The van der Waals surface area contributed by atoms with Gasteiger partial charge < -0.3 is 10.3 Å². The van der Waals surface area contributed by atoms with Crippen LogP contribution in [0.25, 0.3) is 0 Å². The molecular weight excluding hydrogens is 408 g/mol. The molecule has 0 spiro atoms. The average molecular weight is 461 g/mol. The number of unbranched alkanes of at least 4 members (excludes halogenated alkanes) is 8. The third kappa shape index (κ3) is 23.6. The fourth-order valence-electron chi connectivity index (χ4n) is 4.08. The number of rotatable bonds is 16. The minimum Gasteiger partial charge on any atom is -0.393 e. The summed E-state index contributed by atoms with van der Waals surface area (Å²) in [6.07, 6.45) is 20.4. The van der Waals surface area contributed by atoms with Crippen molar-refractivity contribution in [3.8, 4) is 0 Å². The van der Waals surface area contributed by atoms with Gasteiger partial charge in [0.25, 0.3) is 0 Å². The summed E-state index contributed by atoms with van der Waals surface area (Å²) in [6.45, 7) is 4.43. The molecule has 0 aromatic heterocycles. The summed E-state index contributed by atoms with van der Waals surface area (Å²) in [7, 11) is 0. The Bertz CT molecular complexity index is 421. The molecule has 1 saturated carbocycles. The first-order valence-corrected chi connectivity index (χ1v) is 12.9. The first kappa shape index (κ1) is 33.2. The van der Waals surface area contributed by atoms with Gasteiger partial charge in [-0.25, -0.2) is 11.4 Å². The molecule has 7 nitrogen and oxygen atoms in total. The van der Waals surface area contributed by atoms with Gasteiger partial charge in [-0.2, -0.15) is 0 Å². The van der Waals surface area contributed by atoms with Gasteiger partial charge in [-0.3, -0.25) is 14.8 Å². The van der Waals surface area contributed by atoms with E-state index in [0.29, 0.717) is 18.6 Å². The molecule has 2 unspecified atom stereocenters. The lowest BCUT2D eigenvalue weighted by Gasteiger charge is -2.20. The van der Waals surface area contributed by atoms with Crippen LogP contribution in [-0.2, 0) is 9.59 Å². The molecule has 0 aromatic carbocycles. The molecule has 1 aliphatic rings. The molecule has 0 aromatic rings. The second kappa shape index (κ2) is 26.2. The third-order valence-corrected chi connectivity index (χ3v) is 6.01. The van der Waals surface area contributed by atoms with Crippen LogP contribution in [0.5, 0.6) is 0 Å². The van der Waals surface area contributed by atoms with Gasteiger partial charge in [-0.1, -0.05) is 84.5 Å². The molecule has 1 amide bonds. The number of hydrogen-bond donors (Lipinski definition) is 5. The zero-order valence-corrected chi connectivity index (χ0v) is 20.8. The Balaban J connectivity index is 0. The zero-order chi connectivity index (χ0) is 24.5. The van der Waals surface area contributed by atoms with Crippen LogP contribution in [0.2, 0.25) is 0 Å². The van der Waals surface area contributed by atoms with Crippen LogP contribution in [-0.4, -0.2) is 33.3 Å². The number of hydroxylamine groups is 1. The van der Waals surface area contributed by atoms with Crippen molar-refractivity contribution in [3.63, 3.8) is 0 Å². The highest BCUT2D eigenvalue weighted by atomic mass is 16.5. The van der Waals surface area contributed by atoms with Gasteiger partial charge in [0.1, 0.15) is 5.78 Å². The number of aliphatic hydroxyl groups excluding tert-OH is 1. The maximum absolute atomic E-state index is 11.2. The van der Waals surface area contributed by atoms with E-state index < -0.39 is 0 Å². The summed E-state index contributed by atoms with van der Waals surface area (Å²) in [6, 6.07) is 0. The number of aliphatic hydroxyl groups is 1. The number of Topliss-reactive ketones (excluding diaryl/α,β-unsaturated/α-hetero) is 1. The fourth-order valence-corrected chi connectivity index (χ4v) is 4.08. The summed E-state index contributed by atoms with van der Waals surface area (Å²) < 4.78 is 0. The van der Waals surface area contributed by atoms with Crippen molar-refractivity contribution in [1.82, 2.24) is 5.48 Å². The highest BCUT2D eigenvalue weighted by molar-refractivity contribution is 5.79. The van der Waals surface area contributed by atoms with Gasteiger partial charge >= 0.3 is 0 Å². The molecule has 7 heteroatoms. The molecule has 1 aliphatic carbocycles. The summed E-state index contributed by atoms with van der Waals surface area (Å²) >= 11 is 0. The minimum atomic E-state index is -0.379. The molecule has 0 bridgehead atoms. The van der Waals surface area contributed by atoms with E-state index in [1.165, 1.54) is 70.6 Å². The van der Waals surface area contributed by atoms with Crippen LogP contribution in [0.1, 0.15) is 136 Å². The quantitative estimate of drug-likeness (QED) is 0.112. The summed E-state index contributed by atoms with van der Waals surface area (Å²) in [5.41, 5.74) is 1.58. The predicted molar refractivity (Wildman–Crippen MR) is 129 cm³/mol. The lowest BCUT2D eigenvalue weighted by molar-refractivity contribution is -0.129. The Labute approximate surface area is 196 Å². The highest BCUT2D eigenvalue weighted by Gasteiger charge is 2.18. The summed E-state index contributed by atoms with van der Waals surface area (Å²) in [5.74, 6) is 4.36. The number of hydrogen-bond acceptors (Lipinski definition) is 6. The Morgan fingerprint density at radius 2 is 1.53 bits per heavy atom. The van der Waals surface area contributed by atoms with Crippen LogP contribution in [0, 0.1) is 5.92 Å². The number of nitrogens with two attached hydrogens (primary N) is 1. The Morgan fingerprint density at radius 1 is 0.969 bits per heavy atom. The molecule has 2 atom stereocenters. The van der Waals surface area contributed by atoms with E-state index in [-0.39, 0.29) is 18.4 Å². The predicted octanol–water partition coefficient (Wildman–Crippen LogP) is 5.82. The van der Waals surface area contributed by atoms with E-state index >= 15 is 0 Å². The highest BCUT2D eigenvalue weighted by Crippen LogP contribution is 2.26. The molecule has 1 rings (SSSR count). The first-order chi connectivity index (χ1) is 15.5. The Kier molecular flexibility index (Phi) is 27.2. The number of nitrogens with one attached hydrogen (secondary N) is 1. The van der Waals surface area contributed by atoms with E-state index in [9.17, 15) is 14.7 Å². The molecule has 0 saturated heterocycles. The molecule has 192 valence electrons. The minimum absolute atomic E-state index is 0.281. The van der Waals surface area contributed by atoms with Crippen molar-refractivity contribution in [1.29, 1.82) is 0 Å². The maximum atomic E-state index is 11.2. The number of carbonyl (C=O) groups excluding carboxylic acids is 2. The molecule has 0 aliphatic heterocycles. The smallest absolute Gasteiger partial charge is 0.243 e. The van der Waals surface area contributed by atoms with Crippen molar-refractivity contribution in [2.45, 2.75) is 142 Å². The average Bonchev–Trinajstić information content (AvgIpc) is 2.80. The van der Waals surface area contributed by atoms with Crippen molar-refractivity contribution >= 4 is 11.7 Å². The number of carbonyl (C=O) groups is 2. The van der Waals surface area contributed by atoms with E-state index in [2.05, 4.69) is 19.7 Å². The van der Waals surface area contributed by atoms with E-state index in [1.54, 1.807) is 5.48 Å². The van der Waals surface area contributed by atoms with E-state index in [1.807, 2.05) is 0 Å². The van der Waals surface area contributed by atoms with Crippen molar-refractivity contribution < 1.29 is 25.1 Å². The summed E-state index contributed by atoms with van der Waals surface area (Å²) in [5, 5.41) is 24.4. The van der Waals surface area contributed by atoms with Crippen molar-refractivity contribution in [2.75, 3.05) is 0 Å². The van der Waals surface area contributed by atoms with Gasteiger partial charge in [-0.15, -0.1) is 0 Å². The van der Waals surface area contributed by atoms with Crippen LogP contribution in [0.4, 0.5) is 0 Å².